The van der Waals surface area contributed by atoms with E-state index >= 15 is 0 Å². The number of likely N-dealkylation sites (tertiary alicyclic amines) is 1. The molecule has 3 amide bonds. The van der Waals surface area contributed by atoms with Gasteiger partial charge in [-0.25, -0.2) is 9.97 Å². The van der Waals surface area contributed by atoms with E-state index in [0.29, 0.717) is 58.7 Å². The zero-order valence-electron chi connectivity index (χ0n) is 39.9. The van der Waals surface area contributed by atoms with Crippen LogP contribution in [0, 0.1) is 12.3 Å². The Balaban J connectivity index is 0.697. The van der Waals surface area contributed by atoms with Gasteiger partial charge in [0, 0.05) is 65.0 Å². The predicted octanol–water partition coefficient (Wildman–Crippen LogP) is 6.04. The first kappa shape index (κ1) is 51.0. The quantitative estimate of drug-likeness (QED) is 0.0483. The Morgan fingerprint density at radius 3 is 2.07 bits per heavy atom. The molecule has 4 aromatic heterocycles. The number of nitrogens with zero attached hydrogens (tertiary/aromatic N) is 4. The van der Waals surface area contributed by atoms with Gasteiger partial charge in [0.05, 0.1) is 87.7 Å². The van der Waals surface area contributed by atoms with Gasteiger partial charge < -0.3 is 54.0 Å². The normalized spacial score (nSPS) is 15.9. The van der Waals surface area contributed by atoms with E-state index in [9.17, 15) is 19.5 Å². The molecule has 0 saturated carbocycles. The largest absolute Gasteiger partial charge is 0.475 e. The van der Waals surface area contributed by atoms with Gasteiger partial charge in [0.15, 0.2) is 0 Å². The number of H-pyrrole nitrogens is 1. The molecule has 4 N–H and O–H groups in total. The SMILES string of the molecule is Cc1ncsc1-c1ccc(C(C)NC(=O)[C@@H]2C[C@@H](O)CN2C(=O)C(NC(=O)COCCOCCOCCOCCOCCOc2ccc(-c3ccc4c(c3)[nH]c3ccncc34)cn2)C(C)(C)C)cc1. The number of benzene rings is 2. The van der Waals surface area contributed by atoms with Gasteiger partial charge in [-0.1, -0.05) is 57.2 Å². The Kier molecular flexibility index (Phi) is 18.2. The Labute approximate surface area is 406 Å². The topological polar surface area (TPSA) is 209 Å². The second-order valence-corrected chi connectivity index (χ2v) is 18.8. The Morgan fingerprint density at radius 1 is 0.783 bits per heavy atom. The summed E-state index contributed by atoms with van der Waals surface area (Å²) in [6.07, 6.45) is 4.67. The summed E-state index contributed by atoms with van der Waals surface area (Å²) >= 11 is 1.57. The van der Waals surface area contributed by atoms with Crippen LogP contribution in [0.3, 0.4) is 0 Å². The first-order valence-corrected chi connectivity index (χ1v) is 24.2. The number of hydrogen-bond donors (Lipinski definition) is 4. The number of aryl methyl sites for hydroxylation is 1. The van der Waals surface area contributed by atoms with E-state index in [4.69, 9.17) is 28.4 Å². The summed E-state index contributed by atoms with van der Waals surface area (Å²) in [6, 6.07) is 17.8. The molecule has 0 radical (unpaired) electrons. The van der Waals surface area contributed by atoms with Crippen LogP contribution in [-0.2, 0) is 38.1 Å². The van der Waals surface area contributed by atoms with E-state index in [1.54, 1.807) is 23.7 Å². The monoisotopic (exact) mass is 965 g/mol. The van der Waals surface area contributed by atoms with Crippen molar-refractivity contribution in [2.24, 2.45) is 5.41 Å². The number of ether oxygens (including phenoxy) is 6. The summed E-state index contributed by atoms with van der Waals surface area (Å²) in [4.78, 5) is 59.5. The number of thiazole rings is 1. The smallest absolute Gasteiger partial charge is 0.246 e. The molecule has 1 saturated heterocycles. The molecule has 6 aromatic rings. The van der Waals surface area contributed by atoms with Gasteiger partial charge in [0.25, 0.3) is 0 Å². The lowest BCUT2D eigenvalue weighted by Gasteiger charge is -2.35. The van der Waals surface area contributed by atoms with Gasteiger partial charge in [0.2, 0.25) is 23.6 Å². The lowest BCUT2D eigenvalue weighted by molar-refractivity contribution is -0.144. The fourth-order valence-corrected chi connectivity index (χ4v) is 8.84. The van der Waals surface area contributed by atoms with E-state index in [1.807, 2.05) is 88.8 Å². The number of pyridine rings is 2. The lowest BCUT2D eigenvalue weighted by Crippen LogP contribution is -2.58. The molecule has 368 valence electrons. The fraction of sp³-hybridized carbons (Fsp3) is 0.451. The Hall–Kier alpha value is -5.86. The first-order chi connectivity index (χ1) is 33.4. The van der Waals surface area contributed by atoms with Crippen molar-refractivity contribution in [3.63, 3.8) is 0 Å². The summed E-state index contributed by atoms with van der Waals surface area (Å²) in [7, 11) is 0. The highest BCUT2D eigenvalue weighted by Crippen LogP contribution is 2.31. The van der Waals surface area contributed by atoms with Crippen LogP contribution in [0.4, 0.5) is 0 Å². The average Bonchev–Trinajstić information content (AvgIpc) is 4.07. The van der Waals surface area contributed by atoms with Gasteiger partial charge in [-0.2, -0.15) is 0 Å². The van der Waals surface area contributed by atoms with Crippen molar-refractivity contribution in [3.8, 4) is 27.4 Å². The molecule has 1 aliphatic heterocycles. The zero-order valence-corrected chi connectivity index (χ0v) is 40.7. The number of aliphatic hydroxyl groups excluding tert-OH is 1. The number of amides is 3. The maximum absolute atomic E-state index is 14.0. The Bertz CT molecular complexity index is 2600. The minimum atomic E-state index is -0.967. The Morgan fingerprint density at radius 2 is 1.43 bits per heavy atom. The molecule has 0 bridgehead atoms. The molecule has 17 nitrogen and oxygen atoms in total. The highest BCUT2D eigenvalue weighted by Gasteiger charge is 2.44. The third-order valence-corrected chi connectivity index (χ3v) is 12.7. The molecule has 2 unspecified atom stereocenters. The highest BCUT2D eigenvalue weighted by molar-refractivity contribution is 7.13. The lowest BCUT2D eigenvalue weighted by atomic mass is 9.85. The van der Waals surface area contributed by atoms with Crippen molar-refractivity contribution < 1.29 is 47.9 Å². The van der Waals surface area contributed by atoms with Crippen molar-refractivity contribution in [2.75, 3.05) is 79.2 Å². The summed E-state index contributed by atoms with van der Waals surface area (Å²) in [5, 5.41) is 18.6. The number of aromatic nitrogens is 4. The summed E-state index contributed by atoms with van der Waals surface area (Å²) in [6.45, 7) is 12.6. The van der Waals surface area contributed by atoms with E-state index in [2.05, 4.69) is 48.8 Å². The first-order valence-electron chi connectivity index (χ1n) is 23.3. The minimum absolute atomic E-state index is 0.0191. The molecule has 0 aliphatic carbocycles. The van der Waals surface area contributed by atoms with Gasteiger partial charge >= 0.3 is 0 Å². The van der Waals surface area contributed by atoms with E-state index in [0.717, 1.165) is 54.6 Å². The number of carbonyl (C=O) groups excluding carboxylic acids is 3. The third-order valence-electron chi connectivity index (χ3n) is 11.7. The van der Waals surface area contributed by atoms with Crippen LogP contribution < -0.4 is 15.4 Å². The number of rotatable bonds is 25. The van der Waals surface area contributed by atoms with Crippen molar-refractivity contribution in [3.05, 3.63) is 96.0 Å². The number of hydrogen-bond acceptors (Lipinski definition) is 14. The zero-order chi connectivity index (χ0) is 48.8. The van der Waals surface area contributed by atoms with Gasteiger partial charge in [-0.05, 0) is 54.2 Å². The molecular weight excluding hydrogens is 903 g/mol. The molecule has 5 heterocycles. The highest BCUT2D eigenvalue weighted by atomic mass is 32.1. The minimum Gasteiger partial charge on any atom is -0.475 e. The summed E-state index contributed by atoms with van der Waals surface area (Å²) < 4.78 is 33.6. The van der Waals surface area contributed by atoms with Gasteiger partial charge in [0.1, 0.15) is 25.3 Å². The van der Waals surface area contributed by atoms with Crippen molar-refractivity contribution in [1.29, 1.82) is 0 Å². The second kappa shape index (κ2) is 24.6. The number of aliphatic hydroxyl groups is 1. The number of fused-ring (bicyclic) bond motifs is 3. The molecule has 69 heavy (non-hydrogen) atoms. The second-order valence-electron chi connectivity index (χ2n) is 17.9. The van der Waals surface area contributed by atoms with Crippen LogP contribution in [0.15, 0.2) is 84.8 Å². The van der Waals surface area contributed by atoms with Crippen LogP contribution in [0.2, 0.25) is 0 Å². The molecule has 7 rings (SSSR count). The van der Waals surface area contributed by atoms with Crippen LogP contribution in [0.25, 0.3) is 43.4 Å². The molecule has 4 atom stereocenters. The van der Waals surface area contributed by atoms with Crippen LogP contribution in [-0.4, -0.2) is 145 Å². The maximum Gasteiger partial charge on any atom is 0.246 e. The standard InChI is InChI=1S/C51H63N7O10S/c1-33(35-6-8-36(9-7-35)47-34(2)54-32-69-47)55-49(61)44-27-39(59)30-58(44)50(62)48(51(3,4)5)57-45(60)31-67-23-22-65-19-18-63-16-17-64-20-21-66-24-25-68-46-13-11-38(28-53-46)37-10-12-40-41-29-52-15-14-42(41)56-43(40)26-37/h6-15,26,28-29,32-33,39,44,48,56,59H,16-25,27,30-31H2,1-5H3,(H,55,61)(H,57,60)/t33?,39-,44+,48?/m1/s1. The molecule has 1 fully saturated rings. The number of carbonyl (C=O) groups is 3. The molecule has 2 aromatic carbocycles. The van der Waals surface area contributed by atoms with Crippen LogP contribution in [0.5, 0.6) is 5.88 Å². The average molecular weight is 966 g/mol. The number of β-amino-alcohol motifs (C(OH)–C–C–N with tert-alkyl or cyclic N) is 1. The van der Waals surface area contributed by atoms with Gasteiger partial charge in [-0.3, -0.25) is 19.4 Å². The number of aromatic amines is 1. The summed E-state index contributed by atoms with van der Waals surface area (Å²) in [5.74, 6) is -0.771. The van der Waals surface area contributed by atoms with Crippen molar-refractivity contribution in [2.45, 2.75) is 65.3 Å². The maximum atomic E-state index is 14.0. The fourth-order valence-electron chi connectivity index (χ4n) is 8.03. The van der Waals surface area contributed by atoms with Gasteiger partial charge in [-0.15, -0.1) is 11.3 Å². The third kappa shape index (κ3) is 14.1. The van der Waals surface area contributed by atoms with E-state index < -0.39 is 35.4 Å². The van der Waals surface area contributed by atoms with Crippen molar-refractivity contribution in [1.82, 2.24) is 35.5 Å². The molecule has 0 spiro atoms. The summed E-state index contributed by atoms with van der Waals surface area (Å²) in [5.41, 5.74) is 8.18. The molecular formula is C51H63N7O10S. The van der Waals surface area contributed by atoms with Crippen LogP contribution in [0.1, 0.15) is 51.4 Å². The van der Waals surface area contributed by atoms with E-state index in [-0.39, 0.29) is 44.7 Å². The van der Waals surface area contributed by atoms with Crippen LogP contribution >= 0.6 is 11.3 Å². The number of nitrogens with one attached hydrogen (secondary N) is 3. The van der Waals surface area contributed by atoms with E-state index in [1.165, 1.54) is 4.90 Å². The predicted molar refractivity (Wildman–Crippen MR) is 263 cm³/mol. The molecule has 18 heteroatoms. The molecule has 1 aliphatic rings. The van der Waals surface area contributed by atoms with Crippen molar-refractivity contribution >= 4 is 50.9 Å².